The molecule has 1 atom stereocenters. The van der Waals surface area contributed by atoms with Crippen LogP contribution in [0.2, 0.25) is 0 Å². The first kappa shape index (κ1) is 14.3. The zero-order valence-corrected chi connectivity index (χ0v) is 13.4. The van der Waals surface area contributed by atoms with Crippen LogP contribution in [0, 0.1) is 0 Å². The van der Waals surface area contributed by atoms with E-state index in [0.29, 0.717) is 18.7 Å². The number of nitrogens with two attached hydrogens (primary N) is 1. The van der Waals surface area contributed by atoms with Gasteiger partial charge in [0.15, 0.2) is 0 Å². The second-order valence-electron chi connectivity index (χ2n) is 4.90. The van der Waals surface area contributed by atoms with Crippen molar-refractivity contribution in [2.45, 2.75) is 12.5 Å². The number of hydrogen-bond acceptors (Lipinski definition) is 4. The number of likely N-dealkylation sites (tertiary alicyclic amines) is 1. The lowest BCUT2D eigenvalue weighted by atomic mass is 10.2. The van der Waals surface area contributed by atoms with Crippen LogP contribution < -0.4 is 5.73 Å². The number of aromatic nitrogens is 2. The molecule has 0 spiro atoms. The van der Waals surface area contributed by atoms with E-state index in [1.807, 2.05) is 16.3 Å². The summed E-state index contributed by atoms with van der Waals surface area (Å²) in [5, 5.41) is 6.06. The summed E-state index contributed by atoms with van der Waals surface area (Å²) >= 11 is 4.78. The van der Waals surface area contributed by atoms with E-state index in [2.05, 4.69) is 21.0 Å². The average Bonchev–Trinajstić information content (AvgIpc) is 3.17. The number of carbonyl (C=O) groups excluding carboxylic acids is 2. The zero-order valence-electron chi connectivity index (χ0n) is 11.0. The van der Waals surface area contributed by atoms with E-state index in [9.17, 15) is 9.59 Å². The molecule has 1 unspecified atom stereocenters. The second kappa shape index (κ2) is 5.61. The van der Waals surface area contributed by atoms with Crippen molar-refractivity contribution >= 4 is 39.1 Å². The van der Waals surface area contributed by atoms with Gasteiger partial charge in [-0.3, -0.25) is 14.3 Å². The Hall–Kier alpha value is -1.67. The summed E-state index contributed by atoms with van der Waals surface area (Å²) in [6, 6.07) is 1.92. The summed E-state index contributed by atoms with van der Waals surface area (Å²) < 4.78 is 2.64. The molecule has 6 nitrogen and oxygen atoms in total. The standard InChI is InChI=1S/C13H13BrN4O2S/c14-9-3-11(21-7-9)13(20)17-2-1-10(6-17)18-5-8(4-16-18)12(15)19/h3-5,7,10H,1-2,6H2,(H2,15,19). The lowest BCUT2D eigenvalue weighted by molar-refractivity contribution is 0.0791. The monoisotopic (exact) mass is 368 g/mol. The maximum absolute atomic E-state index is 12.4. The van der Waals surface area contributed by atoms with E-state index in [1.165, 1.54) is 17.5 Å². The summed E-state index contributed by atoms with van der Waals surface area (Å²) in [7, 11) is 0. The molecule has 0 aromatic carbocycles. The van der Waals surface area contributed by atoms with E-state index >= 15 is 0 Å². The van der Waals surface area contributed by atoms with Crippen LogP contribution in [-0.4, -0.2) is 39.6 Å². The molecule has 1 aliphatic heterocycles. The average molecular weight is 369 g/mol. The number of hydrogen-bond donors (Lipinski definition) is 1. The number of amides is 2. The Balaban J connectivity index is 1.70. The lowest BCUT2D eigenvalue weighted by Crippen LogP contribution is -2.28. The number of carbonyl (C=O) groups is 2. The van der Waals surface area contributed by atoms with Gasteiger partial charge in [0.25, 0.3) is 11.8 Å². The van der Waals surface area contributed by atoms with Gasteiger partial charge in [-0.25, -0.2) is 0 Å². The third kappa shape index (κ3) is 2.86. The Morgan fingerprint density at radius 3 is 2.90 bits per heavy atom. The van der Waals surface area contributed by atoms with Crippen molar-refractivity contribution in [3.8, 4) is 0 Å². The van der Waals surface area contributed by atoms with Gasteiger partial charge in [0, 0.05) is 29.1 Å². The van der Waals surface area contributed by atoms with Crippen molar-refractivity contribution in [1.82, 2.24) is 14.7 Å². The van der Waals surface area contributed by atoms with Crippen molar-refractivity contribution in [2.75, 3.05) is 13.1 Å². The van der Waals surface area contributed by atoms with Crippen LogP contribution in [0.3, 0.4) is 0 Å². The number of primary amides is 1. The molecular weight excluding hydrogens is 356 g/mol. The largest absolute Gasteiger partial charge is 0.366 e. The van der Waals surface area contributed by atoms with Gasteiger partial charge in [0.2, 0.25) is 0 Å². The molecule has 3 rings (SSSR count). The van der Waals surface area contributed by atoms with E-state index in [0.717, 1.165) is 15.8 Å². The molecule has 2 aromatic rings. The molecule has 0 saturated carbocycles. The van der Waals surface area contributed by atoms with Gasteiger partial charge in [0.1, 0.15) is 0 Å². The van der Waals surface area contributed by atoms with E-state index in [-0.39, 0.29) is 11.9 Å². The molecule has 0 radical (unpaired) electrons. The first-order chi connectivity index (χ1) is 10.0. The quantitative estimate of drug-likeness (QED) is 0.897. The first-order valence-electron chi connectivity index (χ1n) is 6.42. The molecule has 110 valence electrons. The van der Waals surface area contributed by atoms with E-state index < -0.39 is 5.91 Å². The summed E-state index contributed by atoms with van der Waals surface area (Å²) in [6.07, 6.45) is 3.92. The summed E-state index contributed by atoms with van der Waals surface area (Å²) in [6.45, 7) is 1.28. The van der Waals surface area contributed by atoms with Crippen molar-refractivity contribution in [3.63, 3.8) is 0 Å². The fraction of sp³-hybridized carbons (Fsp3) is 0.308. The molecule has 0 aliphatic carbocycles. The molecule has 8 heteroatoms. The minimum Gasteiger partial charge on any atom is -0.366 e. The minimum atomic E-state index is -0.490. The molecule has 2 aromatic heterocycles. The number of thiophene rings is 1. The van der Waals surface area contributed by atoms with E-state index in [1.54, 1.807) is 10.9 Å². The number of rotatable bonds is 3. The highest BCUT2D eigenvalue weighted by atomic mass is 79.9. The van der Waals surface area contributed by atoms with Crippen LogP contribution in [-0.2, 0) is 0 Å². The number of nitrogens with zero attached hydrogens (tertiary/aromatic N) is 3. The summed E-state index contributed by atoms with van der Waals surface area (Å²) in [4.78, 5) is 26.0. The SMILES string of the molecule is NC(=O)c1cnn(C2CCN(C(=O)c3cc(Br)cs3)C2)c1. The Kier molecular flexibility index (Phi) is 3.81. The fourth-order valence-electron chi connectivity index (χ4n) is 2.39. The molecule has 2 N–H and O–H groups in total. The Morgan fingerprint density at radius 1 is 1.48 bits per heavy atom. The predicted octanol–water partition coefficient (Wildman–Crippen LogP) is 1.89. The summed E-state index contributed by atoms with van der Waals surface area (Å²) in [5.74, 6) is -0.453. The fourth-order valence-corrected chi connectivity index (χ4v) is 3.78. The van der Waals surface area contributed by atoms with Gasteiger partial charge in [-0.1, -0.05) is 0 Å². The van der Waals surface area contributed by atoms with Crippen molar-refractivity contribution in [3.05, 3.63) is 38.8 Å². The van der Waals surface area contributed by atoms with Crippen molar-refractivity contribution < 1.29 is 9.59 Å². The third-order valence-corrected chi connectivity index (χ3v) is 5.17. The predicted molar refractivity (Wildman–Crippen MR) is 82.3 cm³/mol. The van der Waals surface area contributed by atoms with Gasteiger partial charge in [0.05, 0.1) is 22.7 Å². The van der Waals surface area contributed by atoms with Crippen LogP contribution in [0.15, 0.2) is 28.3 Å². The molecule has 21 heavy (non-hydrogen) atoms. The maximum atomic E-state index is 12.4. The van der Waals surface area contributed by atoms with Gasteiger partial charge >= 0.3 is 0 Å². The zero-order chi connectivity index (χ0) is 15.0. The molecular formula is C13H13BrN4O2S. The highest BCUT2D eigenvalue weighted by Gasteiger charge is 2.29. The van der Waals surface area contributed by atoms with E-state index in [4.69, 9.17) is 5.73 Å². The normalized spacial score (nSPS) is 18.1. The lowest BCUT2D eigenvalue weighted by Gasteiger charge is -2.15. The number of halogens is 1. The smallest absolute Gasteiger partial charge is 0.264 e. The van der Waals surface area contributed by atoms with Crippen LogP contribution in [0.4, 0.5) is 0 Å². The maximum Gasteiger partial charge on any atom is 0.264 e. The van der Waals surface area contributed by atoms with Gasteiger partial charge in [-0.05, 0) is 28.4 Å². The van der Waals surface area contributed by atoms with Gasteiger partial charge in [-0.15, -0.1) is 11.3 Å². The van der Waals surface area contributed by atoms with Gasteiger partial charge in [-0.2, -0.15) is 5.10 Å². The second-order valence-corrected chi connectivity index (χ2v) is 6.72. The highest BCUT2D eigenvalue weighted by molar-refractivity contribution is 9.10. The van der Waals surface area contributed by atoms with Crippen LogP contribution in [0.25, 0.3) is 0 Å². The highest BCUT2D eigenvalue weighted by Crippen LogP contribution is 2.26. The summed E-state index contributed by atoms with van der Waals surface area (Å²) in [5.41, 5.74) is 5.61. The third-order valence-electron chi connectivity index (χ3n) is 3.49. The molecule has 1 aliphatic rings. The van der Waals surface area contributed by atoms with Crippen molar-refractivity contribution in [1.29, 1.82) is 0 Å². The molecule has 1 fully saturated rings. The minimum absolute atomic E-state index is 0.0375. The Bertz CT molecular complexity index is 696. The van der Waals surface area contributed by atoms with Gasteiger partial charge < -0.3 is 10.6 Å². The van der Waals surface area contributed by atoms with Crippen LogP contribution >= 0.6 is 27.3 Å². The van der Waals surface area contributed by atoms with Crippen molar-refractivity contribution in [2.24, 2.45) is 5.73 Å². The Labute approximate surface area is 133 Å². The Morgan fingerprint density at radius 2 is 2.29 bits per heavy atom. The molecule has 1 saturated heterocycles. The van der Waals surface area contributed by atoms with Crippen LogP contribution in [0.1, 0.15) is 32.5 Å². The van der Waals surface area contributed by atoms with Crippen LogP contribution in [0.5, 0.6) is 0 Å². The first-order valence-corrected chi connectivity index (χ1v) is 8.09. The molecule has 3 heterocycles. The molecule has 2 amide bonds. The topological polar surface area (TPSA) is 81.2 Å². The molecule has 0 bridgehead atoms.